The number of aryl methyl sites for hydroxylation is 3. The lowest BCUT2D eigenvalue weighted by Gasteiger charge is -2.25. The van der Waals surface area contributed by atoms with Gasteiger partial charge in [-0.25, -0.2) is 0 Å². The molecule has 1 saturated heterocycles. The van der Waals surface area contributed by atoms with Gasteiger partial charge in [0.05, 0.1) is 24.2 Å². The Bertz CT molecular complexity index is 1320. The Hall–Kier alpha value is -3.04. The van der Waals surface area contributed by atoms with Gasteiger partial charge in [-0.15, -0.1) is 0 Å². The smallest absolute Gasteiger partial charge is 0.453 e. The van der Waals surface area contributed by atoms with Crippen LogP contribution in [0, 0.1) is 13.8 Å². The molecule has 0 atom stereocenters. The second-order valence-electron chi connectivity index (χ2n) is 10.1. The van der Waals surface area contributed by atoms with Gasteiger partial charge in [0.1, 0.15) is 31.1 Å². The van der Waals surface area contributed by atoms with Gasteiger partial charge < -0.3 is 23.9 Å². The number of fused-ring (bicyclic) bond motifs is 1. The van der Waals surface area contributed by atoms with E-state index in [0.29, 0.717) is 38.3 Å². The Balaban J connectivity index is 1.90. The Morgan fingerprint density at radius 2 is 1.71 bits per heavy atom. The minimum Gasteiger partial charge on any atom is -0.507 e. The summed E-state index contributed by atoms with van der Waals surface area (Å²) in [4.78, 5) is 14.7. The molecule has 0 spiro atoms. The molecule has 4 rings (SSSR count). The van der Waals surface area contributed by atoms with E-state index in [1.54, 1.807) is 26.0 Å². The fourth-order valence-electron chi connectivity index (χ4n) is 5.00. The predicted molar refractivity (Wildman–Crippen MR) is 138 cm³/mol. The van der Waals surface area contributed by atoms with Gasteiger partial charge in [-0.05, 0) is 61.6 Å². The summed E-state index contributed by atoms with van der Waals surface area (Å²) in [6.07, 6.45) is -0.683. The first-order valence-corrected chi connectivity index (χ1v) is 13.2. The second kappa shape index (κ2) is 11.8. The molecule has 2 aromatic carbocycles. The van der Waals surface area contributed by atoms with E-state index in [1.807, 2.05) is 6.07 Å². The molecule has 206 valence electrons. The second-order valence-corrected chi connectivity index (χ2v) is 10.1. The summed E-state index contributed by atoms with van der Waals surface area (Å²) in [7, 11) is 0. The van der Waals surface area contributed by atoms with Crippen molar-refractivity contribution in [3.8, 4) is 17.2 Å². The van der Waals surface area contributed by atoms with Gasteiger partial charge in [0, 0.05) is 0 Å². The quantitative estimate of drug-likeness (QED) is 0.357. The summed E-state index contributed by atoms with van der Waals surface area (Å²) in [5.41, 5.74) is 1.16. The Morgan fingerprint density at radius 1 is 1.03 bits per heavy atom. The maximum absolute atomic E-state index is 14.2. The highest BCUT2D eigenvalue weighted by Gasteiger charge is 2.41. The first-order chi connectivity index (χ1) is 18.1. The summed E-state index contributed by atoms with van der Waals surface area (Å²) in [5.74, 6) is -2.40. The fraction of sp³-hybridized carbons (Fsp3) is 0.483. The number of phenolic OH excluding ortho intramolecular Hbond substituents is 1. The number of benzene rings is 2. The molecule has 0 bridgehead atoms. The van der Waals surface area contributed by atoms with Crippen molar-refractivity contribution in [1.82, 2.24) is 0 Å². The van der Waals surface area contributed by atoms with Gasteiger partial charge in [0.2, 0.25) is 11.2 Å². The van der Waals surface area contributed by atoms with Crippen LogP contribution in [0.15, 0.2) is 33.5 Å². The highest BCUT2D eigenvalue weighted by molar-refractivity contribution is 5.85. The average Bonchev–Trinajstić information content (AvgIpc) is 2.85. The van der Waals surface area contributed by atoms with Gasteiger partial charge >= 0.3 is 6.18 Å². The third-order valence-electron chi connectivity index (χ3n) is 6.89. The van der Waals surface area contributed by atoms with Crippen LogP contribution in [0.25, 0.3) is 11.0 Å². The lowest BCUT2D eigenvalue weighted by molar-refractivity contribution is -0.921. The van der Waals surface area contributed by atoms with E-state index in [4.69, 9.17) is 13.9 Å². The third-order valence-corrected chi connectivity index (χ3v) is 6.89. The topological polar surface area (TPSA) is 73.3 Å². The van der Waals surface area contributed by atoms with Crippen molar-refractivity contribution in [2.75, 3.05) is 26.3 Å². The molecule has 1 aliphatic heterocycles. The molecule has 9 heteroatoms. The number of morpholine rings is 1. The highest BCUT2D eigenvalue weighted by Crippen LogP contribution is 2.41. The minimum absolute atomic E-state index is 0.0247. The number of aromatic hydroxyl groups is 1. The average molecular weight is 535 g/mol. The molecule has 2 N–H and O–H groups in total. The van der Waals surface area contributed by atoms with Crippen molar-refractivity contribution < 1.29 is 37.1 Å². The zero-order valence-electron chi connectivity index (χ0n) is 22.1. The van der Waals surface area contributed by atoms with Crippen molar-refractivity contribution in [3.05, 3.63) is 62.5 Å². The van der Waals surface area contributed by atoms with Crippen LogP contribution in [0.4, 0.5) is 13.2 Å². The van der Waals surface area contributed by atoms with Crippen LogP contribution in [0.2, 0.25) is 0 Å². The SMILES string of the molecule is CCCCCCc1cc2c(=O)c(Oc3cc(C)cc(C)c3)c(C(F)(F)F)oc2c(C[NH+]2CCOCC2)c1O. The molecule has 0 amide bonds. The Labute approximate surface area is 220 Å². The molecule has 2 heterocycles. The number of halogens is 3. The van der Waals surface area contributed by atoms with E-state index in [0.717, 1.165) is 41.7 Å². The molecule has 3 aromatic rings. The summed E-state index contributed by atoms with van der Waals surface area (Å²) < 4.78 is 59.2. The molecular formula is C29H35F3NO5+. The zero-order valence-corrected chi connectivity index (χ0v) is 22.1. The Kier molecular flexibility index (Phi) is 8.67. The third kappa shape index (κ3) is 6.32. The predicted octanol–water partition coefficient (Wildman–Crippen LogP) is 5.46. The van der Waals surface area contributed by atoms with Crippen LogP contribution in [-0.4, -0.2) is 31.4 Å². The van der Waals surface area contributed by atoms with E-state index in [9.17, 15) is 23.1 Å². The van der Waals surface area contributed by atoms with Crippen LogP contribution in [-0.2, 0) is 23.9 Å². The Morgan fingerprint density at radius 3 is 2.34 bits per heavy atom. The molecule has 1 fully saturated rings. The molecule has 0 radical (unpaired) electrons. The standard InChI is InChI=1S/C29H34F3NO5/c1-4-5-6-7-8-20-16-22-25(35)27(37-21-14-18(2)13-19(3)15-21)28(29(30,31)32)38-26(22)23(24(20)34)17-33-9-11-36-12-10-33/h13-16,34H,4-12,17H2,1-3H3/p+1. The van der Waals surface area contributed by atoms with Crippen molar-refractivity contribution in [1.29, 1.82) is 0 Å². The lowest BCUT2D eigenvalue weighted by Crippen LogP contribution is -3.12. The number of ether oxygens (including phenoxy) is 2. The van der Waals surface area contributed by atoms with Crippen LogP contribution in [0.3, 0.4) is 0 Å². The van der Waals surface area contributed by atoms with Crippen LogP contribution >= 0.6 is 0 Å². The summed E-state index contributed by atoms with van der Waals surface area (Å²) in [6, 6.07) is 6.46. The molecule has 1 aromatic heterocycles. The van der Waals surface area contributed by atoms with E-state index >= 15 is 0 Å². The summed E-state index contributed by atoms with van der Waals surface area (Å²) in [6.45, 7) is 8.18. The van der Waals surface area contributed by atoms with Crippen LogP contribution in [0.5, 0.6) is 17.2 Å². The molecule has 6 nitrogen and oxygen atoms in total. The molecule has 1 aliphatic rings. The van der Waals surface area contributed by atoms with E-state index < -0.39 is 23.1 Å². The van der Waals surface area contributed by atoms with Gasteiger partial charge in [0.15, 0.2) is 5.58 Å². The number of quaternary nitrogens is 1. The number of hydrogen-bond acceptors (Lipinski definition) is 5. The molecule has 38 heavy (non-hydrogen) atoms. The monoisotopic (exact) mass is 534 g/mol. The number of phenols is 1. The van der Waals surface area contributed by atoms with Crippen molar-refractivity contribution in [2.45, 2.75) is 65.6 Å². The maximum Gasteiger partial charge on any atom is 0.453 e. The number of alkyl halides is 3. The number of rotatable bonds is 9. The van der Waals surface area contributed by atoms with Crippen LogP contribution < -0.4 is 15.1 Å². The summed E-state index contributed by atoms with van der Waals surface area (Å²) in [5, 5.41) is 11.2. The van der Waals surface area contributed by atoms with E-state index in [-0.39, 0.29) is 34.6 Å². The number of nitrogens with one attached hydrogen (secondary N) is 1. The van der Waals surface area contributed by atoms with Gasteiger partial charge in [-0.1, -0.05) is 32.3 Å². The summed E-state index contributed by atoms with van der Waals surface area (Å²) >= 11 is 0. The van der Waals surface area contributed by atoms with E-state index in [1.165, 1.54) is 6.07 Å². The van der Waals surface area contributed by atoms with E-state index in [2.05, 4.69) is 6.92 Å². The fourth-order valence-corrected chi connectivity index (χ4v) is 5.00. The maximum atomic E-state index is 14.2. The normalized spacial score (nSPS) is 14.8. The van der Waals surface area contributed by atoms with Gasteiger partial charge in [-0.2, -0.15) is 13.2 Å². The highest BCUT2D eigenvalue weighted by atomic mass is 19.4. The first kappa shape index (κ1) is 28.0. The first-order valence-electron chi connectivity index (χ1n) is 13.2. The molecule has 0 unspecified atom stereocenters. The molecule has 0 saturated carbocycles. The number of unbranched alkanes of at least 4 members (excludes halogenated alkanes) is 3. The van der Waals surface area contributed by atoms with Crippen molar-refractivity contribution in [2.24, 2.45) is 0 Å². The zero-order chi connectivity index (χ0) is 27.4. The largest absolute Gasteiger partial charge is 0.507 e. The van der Waals surface area contributed by atoms with Crippen molar-refractivity contribution >= 4 is 11.0 Å². The molecular weight excluding hydrogens is 499 g/mol. The molecule has 0 aliphatic carbocycles. The van der Waals surface area contributed by atoms with Gasteiger partial charge in [-0.3, -0.25) is 4.79 Å². The lowest BCUT2D eigenvalue weighted by atomic mass is 9.98. The van der Waals surface area contributed by atoms with Crippen LogP contribution in [0.1, 0.15) is 60.6 Å². The van der Waals surface area contributed by atoms with Crippen molar-refractivity contribution in [3.63, 3.8) is 0 Å². The minimum atomic E-state index is -4.99. The number of hydrogen-bond donors (Lipinski definition) is 2. The van der Waals surface area contributed by atoms with Gasteiger partial charge in [0.25, 0.3) is 5.76 Å².